The first-order valence-corrected chi connectivity index (χ1v) is 4.65. The lowest BCUT2D eigenvalue weighted by Gasteiger charge is -2.00. The Bertz CT molecular complexity index is 531. The molecule has 0 bridgehead atoms. The number of benzene rings is 1. The van der Waals surface area contributed by atoms with E-state index in [-0.39, 0.29) is 0 Å². The highest BCUT2D eigenvalue weighted by Crippen LogP contribution is 2.20. The molecule has 4 heteroatoms. The van der Waals surface area contributed by atoms with Crippen LogP contribution >= 0.6 is 11.6 Å². The standard InChI is InChI=1S/C11H6ClN3/c12-9-3-1-2-8(4-9)11-5-10(6-13)14-7-15-11/h1-5,7H. The van der Waals surface area contributed by atoms with Gasteiger partial charge in [0, 0.05) is 16.7 Å². The van der Waals surface area contributed by atoms with Crippen molar-refractivity contribution in [1.82, 2.24) is 9.97 Å². The van der Waals surface area contributed by atoms with E-state index in [1.165, 1.54) is 6.33 Å². The highest BCUT2D eigenvalue weighted by molar-refractivity contribution is 6.30. The SMILES string of the molecule is N#Cc1cc(-c2cccc(Cl)c2)ncn1. The number of rotatable bonds is 1. The van der Waals surface area contributed by atoms with E-state index >= 15 is 0 Å². The predicted octanol–water partition coefficient (Wildman–Crippen LogP) is 2.67. The molecule has 2 rings (SSSR count). The Morgan fingerprint density at radius 3 is 2.80 bits per heavy atom. The van der Waals surface area contributed by atoms with Gasteiger partial charge in [-0.1, -0.05) is 23.7 Å². The van der Waals surface area contributed by atoms with Crippen LogP contribution in [0.4, 0.5) is 0 Å². The summed E-state index contributed by atoms with van der Waals surface area (Å²) < 4.78 is 0. The minimum Gasteiger partial charge on any atom is -0.236 e. The second-order valence-corrected chi connectivity index (χ2v) is 3.35. The molecule has 0 fully saturated rings. The number of halogens is 1. The van der Waals surface area contributed by atoms with Gasteiger partial charge in [-0.3, -0.25) is 0 Å². The van der Waals surface area contributed by atoms with Gasteiger partial charge in [-0.15, -0.1) is 0 Å². The molecule has 1 aromatic carbocycles. The van der Waals surface area contributed by atoms with Crippen LogP contribution in [0.5, 0.6) is 0 Å². The highest BCUT2D eigenvalue weighted by Gasteiger charge is 2.01. The van der Waals surface area contributed by atoms with E-state index in [9.17, 15) is 0 Å². The van der Waals surface area contributed by atoms with E-state index in [0.29, 0.717) is 16.4 Å². The monoisotopic (exact) mass is 215 g/mol. The molecule has 0 saturated carbocycles. The molecule has 3 nitrogen and oxygen atoms in total. The molecule has 15 heavy (non-hydrogen) atoms. The molecule has 0 radical (unpaired) electrons. The fourth-order valence-corrected chi connectivity index (χ4v) is 1.41. The maximum Gasteiger partial charge on any atom is 0.144 e. The number of nitriles is 1. The van der Waals surface area contributed by atoms with Gasteiger partial charge in [-0.25, -0.2) is 9.97 Å². The molecular formula is C11H6ClN3. The number of aromatic nitrogens is 2. The molecule has 0 atom stereocenters. The van der Waals surface area contributed by atoms with Gasteiger partial charge in [0.05, 0.1) is 5.69 Å². The summed E-state index contributed by atoms with van der Waals surface area (Å²) in [6.45, 7) is 0. The summed E-state index contributed by atoms with van der Waals surface area (Å²) in [6.07, 6.45) is 1.37. The summed E-state index contributed by atoms with van der Waals surface area (Å²) in [6, 6.07) is 10.9. The summed E-state index contributed by atoms with van der Waals surface area (Å²) >= 11 is 5.86. The van der Waals surface area contributed by atoms with Gasteiger partial charge in [-0.05, 0) is 12.1 Å². The zero-order chi connectivity index (χ0) is 10.7. The minimum absolute atomic E-state index is 0.347. The number of nitrogens with zero attached hydrogens (tertiary/aromatic N) is 3. The first-order chi connectivity index (χ1) is 7.29. The predicted molar refractivity (Wildman–Crippen MR) is 57.2 cm³/mol. The van der Waals surface area contributed by atoms with Crippen LogP contribution in [0.1, 0.15) is 5.69 Å². The van der Waals surface area contributed by atoms with Crippen molar-refractivity contribution in [2.24, 2.45) is 0 Å². The zero-order valence-electron chi connectivity index (χ0n) is 7.68. The Kier molecular flexibility index (Phi) is 2.61. The van der Waals surface area contributed by atoms with Crippen LogP contribution in [0.2, 0.25) is 5.02 Å². The highest BCUT2D eigenvalue weighted by atomic mass is 35.5. The van der Waals surface area contributed by atoms with Crippen LogP contribution in [-0.4, -0.2) is 9.97 Å². The fraction of sp³-hybridized carbons (Fsp3) is 0. The zero-order valence-corrected chi connectivity index (χ0v) is 8.44. The van der Waals surface area contributed by atoms with Gasteiger partial charge in [0.2, 0.25) is 0 Å². The molecule has 1 aromatic heterocycles. The third-order valence-electron chi connectivity index (χ3n) is 1.90. The van der Waals surface area contributed by atoms with Crippen LogP contribution in [-0.2, 0) is 0 Å². The lowest BCUT2D eigenvalue weighted by atomic mass is 10.1. The van der Waals surface area contributed by atoms with E-state index in [4.69, 9.17) is 16.9 Å². The maximum atomic E-state index is 8.70. The van der Waals surface area contributed by atoms with Gasteiger partial charge >= 0.3 is 0 Å². The second kappa shape index (κ2) is 4.07. The van der Waals surface area contributed by atoms with E-state index < -0.39 is 0 Å². The van der Waals surface area contributed by atoms with Gasteiger partial charge in [0.15, 0.2) is 0 Å². The maximum absolute atomic E-state index is 8.70. The van der Waals surface area contributed by atoms with Gasteiger partial charge < -0.3 is 0 Å². The first kappa shape index (κ1) is 9.63. The Labute approximate surface area is 92.0 Å². The van der Waals surface area contributed by atoms with Crippen LogP contribution < -0.4 is 0 Å². The normalized spacial score (nSPS) is 9.60. The summed E-state index contributed by atoms with van der Waals surface area (Å²) in [5.74, 6) is 0. The molecule has 0 unspecified atom stereocenters. The molecule has 0 spiro atoms. The fourth-order valence-electron chi connectivity index (χ4n) is 1.22. The van der Waals surface area contributed by atoms with Crippen molar-refractivity contribution in [1.29, 1.82) is 5.26 Å². The Morgan fingerprint density at radius 2 is 2.07 bits per heavy atom. The molecular weight excluding hydrogens is 210 g/mol. The topological polar surface area (TPSA) is 49.6 Å². The van der Waals surface area contributed by atoms with Crippen molar-refractivity contribution in [3.8, 4) is 17.3 Å². The van der Waals surface area contributed by atoms with Crippen LogP contribution in [0, 0.1) is 11.3 Å². The van der Waals surface area contributed by atoms with E-state index in [2.05, 4.69) is 9.97 Å². The third kappa shape index (κ3) is 2.12. The number of hydrogen-bond donors (Lipinski definition) is 0. The molecule has 0 aliphatic heterocycles. The average molecular weight is 216 g/mol. The molecule has 0 aliphatic rings. The van der Waals surface area contributed by atoms with Gasteiger partial charge in [0.1, 0.15) is 18.1 Å². The lowest BCUT2D eigenvalue weighted by Crippen LogP contribution is -1.88. The summed E-state index contributed by atoms with van der Waals surface area (Å²) in [5.41, 5.74) is 1.92. The van der Waals surface area contributed by atoms with Crippen molar-refractivity contribution in [2.45, 2.75) is 0 Å². The first-order valence-electron chi connectivity index (χ1n) is 4.27. The molecule has 72 valence electrons. The van der Waals surface area contributed by atoms with Crippen molar-refractivity contribution in [3.63, 3.8) is 0 Å². The van der Waals surface area contributed by atoms with Crippen molar-refractivity contribution >= 4 is 11.6 Å². The third-order valence-corrected chi connectivity index (χ3v) is 2.14. The summed E-state index contributed by atoms with van der Waals surface area (Å²) in [7, 11) is 0. The van der Waals surface area contributed by atoms with E-state index in [1.54, 1.807) is 18.2 Å². The Balaban J connectivity index is 2.50. The molecule has 0 amide bonds. The Hall–Kier alpha value is -1.92. The quantitative estimate of drug-likeness (QED) is 0.735. The Morgan fingerprint density at radius 1 is 1.20 bits per heavy atom. The summed E-state index contributed by atoms with van der Waals surface area (Å²) in [5, 5.41) is 9.34. The van der Waals surface area contributed by atoms with E-state index in [1.807, 2.05) is 18.2 Å². The molecule has 0 saturated heterocycles. The number of hydrogen-bond acceptors (Lipinski definition) is 3. The van der Waals surface area contributed by atoms with Crippen molar-refractivity contribution < 1.29 is 0 Å². The van der Waals surface area contributed by atoms with Crippen LogP contribution in [0.25, 0.3) is 11.3 Å². The van der Waals surface area contributed by atoms with Crippen molar-refractivity contribution in [3.05, 3.63) is 47.4 Å². The molecule has 2 aromatic rings. The molecule has 0 N–H and O–H groups in total. The average Bonchev–Trinajstić information content (AvgIpc) is 2.29. The van der Waals surface area contributed by atoms with Gasteiger partial charge in [0.25, 0.3) is 0 Å². The van der Waals surface area contributed by atoms with E-state index in [0.717, 1.165) is 5.56 Å². The smallest absolute Gasteiger partial charge is 0.144 e. The van der Waals surface area contributed by atoms with Gasteiger partial charge in [-0.2, -0.15) is 5.26 Å². The minimum atomic E-state index is 0.347. The van der Waals surface area contributed by atoms with Crippen LogP contribution in [0.3, 0.4) is 0 Å². The summed E-state index contributed by atoms with van der Waals surface area (Å²) in [4.78, 5) is 7.88. The van der Waals surface area contributed by atoms with Crippen LogP contribution in [0.15, 0.2) is 36.7 Å². The largest absolute Gasteiger partial charge is 0.236 e. The molecule has 0 aliphatic carbocycles. The van der Waals surface area contributed by atoms with Crippen molar-refractivity contribution in [2.75, 3.05) is 0 Å². The lowest BCUT2D eigenvalue weighted by molar-refractivity contribution is 1.14. The second-order valence-electron chi connectivity index (χ2n) is 2.91. The molecule has 1 heterocycles.